The molecule has 0 unspecified atom stereocenters. The van der Waals surface area contributed by atoms with Crippen LogP contribution in [0.2, 0.25) is 0 Å². The Morgan fingerprint density at radius 3 is 2.89 bits per heavy atom. The number of nitrogens with one attached hydrogen (secondary N) is 1. The lowest BCUT2D eigenvalue weighted by molar-refractivity contribution is 0.194. The van der Waals surface area contributed by atoms with E-state index in [0.717, 1.165) is 32.7 Å². The molecule has 1 aromatic carbocycles. The van der Waals surface area contributed by atoms with E-state index in [1.54, 1.807) is 7.11 Å². The van der Waals surface area contributed by atoms with Crippen LogP contribution in [-0.4, -0.2) is 24.8 Å². The van der Waals surface area contributed by atoms with Crippen molar-refractivity contribution >= 4 is 10.9 Å². The van der Waals surface area contributed by atoms with Crippen LogP contribution in [0.25, 0.3) is 10.9 Å². The zero-order valence-corrected chi connectivity index (χ0v) is 12.0. The van der Waals surface area contributed by atoms with Crippen molar-refractivity contribution in [3.8, 4) is 0 Å². The first-order valence-electron chi connectivity index (χ1n) is 7.13. The van der Waals surface area contributed by atoms with Gasteiger partial charge in [0.15, 0.2) is 0 Å². The molecule has 0 saturated carbocycles. The van der Waals surface area contributed by atoms with Gasteiger partial charge in [-0.25, -0.2) is 0 Å². The van der Waals surface area contributed by atoms with E-state index in [1.165, 1.54) is 22.9 Å². The van der Waals surface area contributed by atoms with E-state index in [1.807, 2.05) is 0 Å². The van der Waals surface area contributed by atoms with Gasteiger partial charge in [-0.15, -0.1) is 0 Å². The van der Waals surface area contributed by atoms with Crippen molar-refractivity contribution in [3.05, 3.63) is 36.0 Å². The topological polar surface area (TPSA) is 26.2 Å². The summed E-state index contributed by atoms with van der Waals surface area (Å²) >= 11 is 0. The van der Waals surface area contributed by atoms with E-state index in [4.69, 9.17) is 4.74 Å². The average molecular weight is 260 g/mol. The van der Waals surface area contributed by atoms with Crippen LogP contribution >= 0.6 is 0 Å². The van der Waals surface area contributed by atoms with Gasteiger partial charge in [0.25, 0.3) is 0 Å². The molecular weight excluding hydrogens is 236 g/mol. The van der Waals surface area contributed by atoms with Crippen molar-refractivity contribution in [3.63, 3.8) is 0 Å². The summed E-state index contributed by atoms with van der Waals surface area (Å²) in [6.45, 7) is 6.06. The van der Waals surface area contributed by atoms with Gasteiger partial charge < -0.3 is 14.6 Å². The van der Waals surface area contributed by atoms with E-state index < -0.39 is 0 Å². The highest BCUT2D eigenvalue weighted by Gasteiger charge is 2.06. The van der Waals surface area contributed by atoms with Crippen LogP contribution in [-0.2, 0) is 17.8 Å². The number of para-hydroxylation sites is 1. The molecule has 0 radical (unpaired) electrons. The second kappa shape index (κ2) is 7.31. The minimum atomic E-state index is 0.824. The quantitative estimate of drug-likeness (QED) is 0.738. The monoisotopic (exact) mass is 260 g/mol. The van der Waals surface area contributed by atoms with Gasteiger partial charge in [-0.2, -0.15) is 0 Å². The molecule has 1 N–H and O–H groups in total. The molecule has 3 heteroatoms. The highest BCUT2D eigenvalue weighted by Crippen LogP contribution is 2.21. The maximum atomic E-state index is 5.06. The number of fused-ring (bicyclic) bond motifs is 1. The number of ether oxygens (including phenoxy) is 1. The Bertz CT molecular complexity index is 504. The van der Waals surface area contributed by atoms with Crippen LogP contribution < -0.4 is 5.32 Å². The van der Waals surface area contributed by atoms with E-state index in [-0.39, 0.29) is 0 Å². The summed E-state index contributed by atoms with van der Waals surface area (Å²) in [6, 6.07) is 8.66. The number of aromatic nitrogens is 1. The van der Waals surface area contributed by atoms with E-state index in [0.29, 0.717) is 0 Å². The molecule has 0 aliphatic carbocycles. The Hall–Kier alpha value is -1.32. The van der Waals surface area contributed by atoms with E-state index in [2.05, 4.69) is 47.3 Å². The van der Waals surface area contributed by atoms with Gasteiger partial charge in [0, 0.05) is 43.9 Å². The standard InChI is InChI=1S/C16H24N2O/c1-3-10-18-13-14(12-17-9-6-11-19-2)15-7-4-5-8-16(15)18/h4-5,7-8,13,17H,3,6,9-12H2,1-2H3. The molecule has 0 atom stereocenters. The Morgan fingerprint density at radius 2 is 2.11 bits per heavy atom. The summed E-state index contributed by atoms with van der Waals surface area (Å²) in [6.07, 6.45) is 4.51. The summed E-state index contributed by atoms with van der Waals surface area (Å²) in [5, 5.41) is 4.86. The Kier molecular flexibility index (Phi) is 5.43. The maximum absolute atomic E-state index is 5.06. The molecule has 0 aliphatic rings. The van der Waals surface area contributed by atoms with Crippen LogP contribution in [0.1, 0.15) is 25.3 Å². The number of hydrogen-bond donors (Lipinski definition) is 1. The Labute approximate surface area is 115 Å². The SMILES string of the molecule is CCCn1cc(CNCCCOC)c2ccccc21. The van der Waals surface area contributed by atoms with Crippen LogP contribution in [0.15, 0.2) is 30.5 Å². The fraction of sp³-hybridized carbons (Fsp3) is 0.500. The molecule has 0 aliphatic heterocycles. The summed E-state index contributed by atoms with van der Waals surface area (Å²) in [4.78, 5) is 0. The second-order valence-electron chi connectivity index (χ2n) is 4.89. The lowest BCUT2D eigenvalue weighted by atomic mass is 10.2. The number of aryl methyl sites for hydroxylation is 1. The van der Waals surface area contributed by atoms with Crippen molar-refractivity contribution < 1.29 is 4.74 Å². The highest BCUT2D eigenvalue weighted by molar-refractivity contribution is 5.83. The van der Waals surface area contributed by atoms with Crippen LogP contribution in [0, 0.1) is 0 Å². The maximum Gasteiger partial charge on any atom is 0.0483 e. The molecule has 2 aromatic rings. The molecule has 0 saturated heterocycles. The first-order chi connectivity index (χ1) is 9.36. The summed E-state index contributed by atoms with van der Waals surface area (Å²) in [7, 11) is 1.75. The lowest BCUT2D eigenvalue weighted by Crippen LogP contribution is -2.15. The molecule has 3 nitrogen and oxygen atoms in total. The molecular formula is C16H24N2O. The van der Waals surface area contributed by atoms with Crippen molar-refractivity contribution in [1.82, 2.24) is 9.88 Å². The summed E-state index contributed by atoms with van der Waals surface area (Å²) in [5.74, 6) is 0. The molecule has 0 bridgehead atoms. The third kappa shape index (κ3) is 3.58. The largest absolute Gasteiger partial charge is 0.385 e. The van der Waals surface area contributed by atoms with Gasteiger partial charge in [0.05, 0.1) is 0 Å². The van der Waals surface area contributed by atoms with Crippen molar-refractivity contribution in [2.75, 3.05) is 20.3 Å². The number of rotatable bonds is 8. The molecule has 0 amide bonds. The van der Waals surface area contributed by atoms with Gasteiger partial charge in [0.2, 0.25) is 0 Å². The van der Waals surface area contributed by atoms with Crippen LogP contribution in [0.3, 0.4) is 0 Å². The van der Waals surface area contributed by atoms with Gasteiger partial charge in [0.1, 0.15) is 0 Å². The fourth-order valence-electron chi connectivity index (χ4n) is 2.45. The van der Waals surface area contributed by atoms with Gasteiger partial charge >= 0.3 is 0 Å². The zero-order chi connectivity index (χ0) is 13.5. The molecule has 104 valence electrons. The van der Waals surface area contributed by atoms with Crippen molar-refractivity contribution in [2.24, 2.45) is 0 Å². The first kappa shape index (κ1) is 14.1. The minimum Gasteiger partial charge on any atom is -0.385 e. The fourth-order valence-corrected chi connectivity index (χ4v) is 2.45. The Morgan fingerprint density at radius 1 is 1.26 bits per heavy atom. The number of methoxy groups -OCH3 is 1. The predicted molar refractivity (Wildman–Crippen MR) is 80.4 cm³/mol. The third-order valence-corrected chi connectivity index (χ3v) is 3.35. The third-order valence-electron chi connectivity index (χ3n) is 3.35. The summed E-state index contributed by atoms with van der Waals surface area (Å²) < 4.78 is 7.42. The molecule has 19 heavy (non-hydrogen) atoms. The predicted octanol–water partition coefficient (Wildman–Crippen LogP) is 3.18. The molecule has 1 heterocycles. The van der Waals surface area contributed by atoms with Crippen molar-refractivity contribution in [2.45, 2.75) is 32.9 Å². The summed E-state index contributed by atoms with van der Waals surface area (Å²) in [5.41, 5.74) is 2.74. The number of nitrogens with zero attached hydrogens (tertiary/aromatic N) is 1. The zero-order valence-electron chi connectivity index (χ0n) is 12.0. The molecule has 1 aromatic heterocycles. The number of benzene rings is 1. The molecule has 0 fully saturated rings. The number of hydrogen-bond acceptors (Lipinski definition) is 2. The normalized spacial score (nSPS) is 11.3. The molecule has 2 rings (SSSR count). The van der Waals surface area contributed by atoms with Gasteiger partial charge in [-0.3, -0.25) is 0 Å². The first-order valence-corrected chi connectivity index (χ1v) is 7.13. The van der Waals surface area contributed by atoms with E-state index >= 15 is 0 Å². The van der Waals surface area contributed by atoms with E-state index in [9.17, 15) is 0 Å². The van der Waals surface area contributed by atoms with Crippen LogP contribution in [0.5, 0.6) is 0 Å². The second-order valence-corrected chi connectivity index (χ2v) is 4.89. The average Bonchev–Trinajstić information content (AvgIpc) is 2.78. The smallest absolute Gasteiger partial charge is 0.0483 e. The van der Waals surface area contributed by atoms with Crippen LogP contribution in [0.4, 0.5) is 0 Å². The lowest BCUT2D eigenvalue weighted by Gasteiger charge is -2.03. The van der Waals surface area contributed by atoms with Gasteiger partial charge in [-0.1, -0.05) is 25.1 Å². The highest BCUT2D eigenvalue weighted by atomic mass is 16.5. The molecule has 0 spiro atoms. The van der Waals surface area contributed by atoms with Crippen molar-refractivity contribution in [1.29, 1.82) is 0 Å². The Balaban J connectivity index is 2.05. The minimum absolute atomic E-state index is 0.824. The van der Waals surface area contributed by atoms with Gasteiger partial charge in [-0.05, 0) is 31.0 Å².